The molecule has 0 unspecified atom stereocenters. The molecule has 0 spiro atoms. The van der Waals surface area contributed by atoms with Gasteiger partial charge in [0, 0.05) is 39.0 Å². The second-order valence-corrected chi connectivity index (χ2v) is 17.1. The van der Waals surface area contributed by atoms with E-state index in [-0.39, 0.29) is 31.2 Å². The van der Waals surface area contributed by atoms with E-state index in [4.69, 9.17) is 14.2 Å². The predicted molar refractivity (Wildman–Crippen MR) is 230 cm³/mol. The summed E-state index contributed by atoms with van der Waals surface area (Å²) in [5.41, 5.74) is 0. The lowest BCUT2D eigenvalue weighted by molar-refractivity contribution is -0.153. The molecule has 0 aromatic heterocycles. The molecule has 55 heavy (non-hydrogen) atoms. The third-order valence-corrected chi connectivity index (χ3v) is 11.6. The maximum Gasteiger partial charge on any atom is 0.410 e. The number of unbranched alkanes of at least 4 members (excludes halogenated alkanes) is 28. The molecule has 1 saturated heterocycles. The van der Waals surface area contributed by atoms with E-state index in [0.717, 1.165) is 51.6 Å². The number of hydrogen-bond donors (Lipinski definition) is 0. The molecule has 0 aromatic rings. The number of hydrogen-bond acceptors (Lipinski definition) is 7. The van der Waals surface area contributed by atoms with Crippen LogP contribution in [0.15, 0.2) is 0 Å². The molecule has 0 aromatic carbocycles. The predicted octanol–water partition coefficient (Wildman–Crippen LogP) is 13.1. The molecule has 1 aliphatic heterocycles. The van der Waals surface area contributed by atoms with Crippen molar-refractivity contribution >= 4 is 18.0 Å². The summed E-state index contributed by atoms with van der Waals surface area (Å²) >= 11 is 0. The Labute approximate surface area is 340 Å². The second-order valence-electron chi connectivity index (χ2n) is 17.1. The van der Waals surface area contributed by atoms with Crippen molar-refractivity contribution in [3.8, 4) is 0 Å². The van der Waals surface area contributed by atoms with Crippen LogP contribution in [0.2, 0.25) is 0 Å². The van der Waals surface area contributed by atoms with E-state index >= 15 is 0 Å². The van der Waals surface area contributed by atoms with Crippen LogP contribution < -0.4 is 0 Å². The van der Waals surface area contributed by atoms with Crippen molar-refractivity contribution in [3.05, 3.63) is 0 Å². The van der Waals surface area contributed by atoms with E-state index in [1.807, 2.05) is 0 Å². The first-order valence-electron chi connectivity index (χ1n) is 23.8. The van der Waals surface area contributed by atoms with E-state index in [2.05, 4.69) is 32.6 Å². The summed E-state index contributed by atoms with van der Waals surface area (Å²) in [6.07, 6.45) is 37.7. The molecule has 1 amide bonds. The van der Waals surface area contributed by atoms with Gasteiger partial charge in [-0.05, 0) is 26.7 Å². The van der Waals surface area contributed by atoms with Crippen LogP contribution in [-0.4, -0.2) is 79.4 Å². The van der Waals surface area contributed by atoms with Crippen LogP contribution in [0.3, 0.4) is 0 Å². The monoisotopic (exact) mass is 779 g/mol. The van der Waals surface area contributed by atoms with Crippen LogP contribution in [0.25, 0.3) is 0 Å². The minimum absolute atomic E-state index is 0.0795. The number of carbonyl (C=O) groups is 3. The number of likely N-dealkylation sites (tertiary alicyclic amines) is 1. The van der Waals surface area contributed by atoms with Gasteiger partial charge in [0.05, 0.1) is 6.04 Å². The highest BCUT2D eigenvalue weighted by molar-refractivity contribution is 5.70. The highest BCUT2D eigenvalue weighted by atomic mass is 16.6. The molecule has 1 aliphatic rings. The first-order chi connectivity index (χ1) is 26.8. The minimum atomic E-state index is -0.828. The fourth-order valence-electron chi connectivity index (χ4n) is 7.44. The molecule has 8 nitrogen and oxygen atoms in total. The van der Waals surface area contributed by atoms with Gasteiger partial charge >= 0.3 is 18.0 Å². The van der Waals surface area contributed by atoms with E-state index in [0.29, 0.717) is 18.9 Å². The van der Waals surface area contributed by atoms with Gasteiger partial charge in [-0.1, -0.05) is 194 Å². The van der Waals surface area contributed by atoms with Gasteiger partial charge in [0.25, 0.3) is 0 Å². The summed E-state index contributed by atoms with van der Waals surface area (Å²) in [4.78, 5) is 42.1. The number of likely N-dealkylation sites (N-methyl/N-ethyl adjacent to an activating group) is 1. The fraction of sp³-hybridized carbons (Fsp3) is 0.936. The first kappa shape index (κ1) is 51.2. The van der Waals surface area contributed by atoms with Gasteiger partial charge in [-0.2, -0.15) is 0 Å². The van der Waals surface area contributed by atoms with Crippen molar-refractivity contribution in [2.45, 2.75) is 251 Å². The first-order valence-corrected chi connectivity index (χ1v) is 23.8. The zero-order valence-corrected chi connectivity index (χ0v) is 37.0. The maximum absolute atomic E-state index is 13.0. The van der Waals surface area contributed by atoms with Gasteiger partial charge in [0.15, 0.2) is 6.10 Å². The summed E-state index contributed by atoms with van der Waals surface area (Å²) in [5.74, 6) is -0.584. The summed E-state index contributed by atoms with van der Waals surface area (Å²) in [5, 5.41) is 0. The molecule has 1 heterocycles. The normalized spacial score (nSPS) is 13.4. The lowest BCUT2D eigenvalue weighted by atomic mass is 10.0. The van der Waals surface area contributed by atoms with Crippen molar-refractivity contribution in [2.75, 3.05) is 33.4 Å². The molecule has 0 saturated carbocycles. The van der Waals surface area contributed by atoms with Crippen LogP contribution in [0.5, 0.6) is 0 Å². The Bertz CT molecular complexity index is 858. The molecule has 0 radical (unpaired) electrons. The van der Waals surface area contributed by atoms with Gasteiger partial charge in [0.2, 0.25) is 0 Å². The molecule has 0 atom stereocenters. The molecule has 8 heteroatoms. The van der Waals surface area contributed by atoms with E-state index in [9.17, 15) is 14.4 Å². The number of ether oxygens (including phenoxy) is 3. The average Bonchev–Trinajstić information content (AvgIpc) is 3.14. The molecule has 1 rings (SSSR count). The van der Waals surface area contributed by atoms with Crippen LogP contribution in [0.1, 0.15) is 233 Å². The Morgan fingerprint density at radius 3 is 1.09 bits per heavy atom. The Kier molecular flexibility index (Phi) is 34.0. The van der Waals surface area contributed by atoms with Crippen molar-refractivity contribution in [2.24, 2.45) is 0 Å². The number of nitrogens with zero attached hydrogens (tertiary/aromatic N) is 2. The molecular formula is C47H90N2O6. The molecule has 324 valence electrons. The van der Waals surface area contributed by atoms with Gasteiger partial charge in [-0.25, -0.2) is 4.79 Å². The van der Waals surface area contributed by atoms with Gasteiger partial charge in [0.1, 0.15) is 13.2 Å². The van der Waals surface area contributed by atoms with E-state index in [1.54, 1.807) is 11.9 Å². The van der Waals surface area contributed by atoms with Crippen molar-refractivity contribution in [3.63, 3.8) is 0 Å². The molecular weight excluding hydrogens is 689 g/mol. The van der Waals surface area contributed by atoms with Crippen LogP contribution in [0, 0.1) is 0 Å². The summed E-state index contributed by atoms with van der Waals surface area (Å²) in [7, 11) is 1.74. The molecule has 0 N–H and O–H groups in total. The Balaban J connectivity index is 2.24. The smallest absolute Gasteiger partial charge is 0.410 e. The van der Waals surface area contributed by atoms with Gasteiger partial charge < -0.3 is 19.1 Å². The van der Waals surface area contributed by atoms with Crippen molar-refractivity contribution < 1.29 is 28.6 Å². The van der Waals surface area contributed by atoms with Crippen LogP contribution in [-0.2, 0) is 23.8 Å². The van der Waals surface area contributed by atoms with E-state index < -0.39 is 12.2 Å². The quantitative estimate of drug-likeness (QED) is 0.0349. The standard InChI is InChI=1S/C47H90N2O6/c1-6-8-10-12-14-16-18-20-22-24-26-28-30-32-34-36-45(50)53-40-44(55-47(52)48(5)43-38-49(39-43)42(3)4)41-54-46(51)37-35-33-31-29-27-25-23-21-19-17-15-13-11-9-7-2/h42-44H,6-41H2,1-5H3. The lowest BCUT2D eigenvalue weighted by Crippen LogP contribution is -2.61. The summed E-state index contributed by atoms with van der Waals surface area (Å²) in [6.45, 7) is 10.2. The fourth-order valence-corrected chi connectivity index (χ4v) is 7.44. The topological polar surface area (TPSA) is 85.4 Å². The Hall–Kier alpha value is -1.83. The second kappa shape index (κ2) is 36.5. The molecule has 1 fully saturated rings. The van der Waals surface area contributed by atoms with Gasteiger partial charge in [-0.3, -0.25) is 14.5 Å². The van der Waals surface area contributed by atoms with Crippen LogP contribution >= 0.6 is 0 Å². The minimum Gasteiger partial charge on any atom is -0.462 e. The SMILES string of the molecule is CCCCCCCCCCCCCCCCCC(=O)OCC(COC(=O)CCCCCCCCCCCCCCCCC)OC(=O)N(C)C1CN(C(C)C)C1. The highest BCUT2D eigenvalue weighted by Crippen LogP contribution is 2.19. The Morgan fingerprint density at radius 2 is 0.800 bits per heavy atom. The third-order valence-electron chi connectivity index (χ3n) is 11.6. The Morgan fingerprint density at radius 1 is 0.509 bits per heavy atom. The summed E-state index contributed by atoms with van der Waals surface area (Å²) < 4.78 is 16.8. The highest BCUT2D eigenvalue weighted by Gasteiger charge is 2.35. The molecule has 0 bridgehead atoms. The number of esters is 2. The maximum atomic E-state index is 13.0. The third kappa shape index (κ3) is 30.0. The number of carbonyl (C=O) groups excluding carboxylic acids is 3. The summed E-state index contributed by atoms with van der Waals surface area (Å²) in [6, 6.07) is 0.511. The van der Waals surface area contributed by atoms with Gasteiger partial charge in [-0.15, -0.1) is 0 Å². The zero-order valence-electron chi connectivity index (χ0n) is 37.0. The van der Waals surface area contributed by atoms with Crippen LogP contribution in [0.4, 0.5) is 4.79 Å². The van der Waals surface area contributed by atoms with Crippen molar-refractivity contribution in [1.82, 2.24) is 9.80 Å². The largest absolute Gasteiger partial charge is 0.462 e. The average molecular weight is 779 g/mol. The van der Waals surface area contributed by atoms with Crippen molar-refractivity contribution in [1.29, 1.82) is 0 Å². The van der Waals surface area contributed by atoms with E-state index in [1.165, 1.54) is 154 Å². The lowest BCUT2D eigenvalue weighted by Gasteiger charge is -2.45. The number of amides is 1. The zero-order chi connectivity index (χ0) is 40.2. The number of rotatable bonds is 39. The molecule has 0 aliphatic carbocycles.